The van der Waals surface area contributed by atoms with Crippen LogP contribution < -0.4 is 10.6 Å². The second-order valence-electron chi connectivity index (χ2n) is 6.09. The molecule has 0 bridgehead atoms. The normalized spacial score (nSPS) is 11.4. The smallest absolute Gasteiger partial charge is 0.325 e. The third kappa shape index (κ3) is 6.88. The molecular weight excluding hydrogens is 437 g/mol. The van der Waals surface area contributed by atoms with Gasteiger partial charge in [-0.25, -0.2) is 4.39 Å². The molecule has 2 rings (SSSR count). The van der Waals surface area contributed by atoms with E-state index in [-0.39, 0.29) is 29.5 Å². The number of benzene rings is 2. The number of alkyl halides is 3. The van der Waals surface area contributed by atoms with Crippen LogP contribution in [0.5, 0.6) is 0 Å². The van der Waals surface area contributed by atoms with E-state index >= 15 is 0 Å². The first kappa shape index (κ1) is 22.9. The number of hydrogen-bond donors (Lipinski definition) is 2. The molecule has 0 aliphatic carbocycles. The van der Waals surface area contributed by atoms with Crippen LogP contribution in [-0.2, 0) is 15.8 Å². The molecule has 0 saturated carbocycles. The van der Waals surface area contributed by atoms with Crippen LogP contribution in [0, 0.1) is 5.82 Å². The van der Waals surface area contributed by atoms with Crippen molar-refractivity contribution in [2.24, 2.45) is 0 Å². The van der Waals surface area contributed by atoms with Crippen LogP contribution in [0.3, 0.4) is 0 Å². The van der Waals surface area contributed by atoms with Gasteiger partial charge in [0.2, 0.25) is 11.8 Å². The van der Waals surface area contributed by atoms with Crippen molar-refractivity contribution in [3.8, 4) is 0 Å². The highest BCUT2D eigenvalue weighted by Gasteiger charge is 2.33. The summed E-state index contributed by atoms with van der Waals surface area (Å²) in [5, 5.41) is 4.37. The van der Waals surface area contributed by atoms with Crippen LogP contribution in [0.4, 0.5) is 28.9 Å². The van der Waals surface area contributed by atoms with E-state index in [4.69, 9.17) is 23.2 Å². The Labute approximate surface area is 173 Å². The summed E-state index contributed by atoms with van der Waals surface area (Å²) >= 11 is 11.3. The van der Waals surface area contributed by atoms with E-state index in [1.807, 2.05) is 0 Å². The molecule has 156 valence electrons. The Balaban J connectivity index is 1.92. The number of hydrogen-bond acceptors (Lipinski definition) is 3. The van der Waals surface area contributed by atoms with Crippen LogP contribution in [-0.4, -0.2) is 36.9 Å². The highest BCUT2D eigenvalue weighted by molar-refractivity contribution is 6.31. The lowest BCUT2D eigenvalue weighted by Crippen LogP contribution is -2.36. The number of likely N-dealkylation sites (N-methyl/N-ethyl adjacent to an activating group) is 1. The predicted molar refractivity (Wildman–Crippen MR) is 103 cm³/mol. The van der Waals surface area contributed by atoms with Crippen molar-refractivity contribution in [3.63, 3.8) is 0 Å². The van der Waals surface area contributed by atoms with Gasteiger partial charge in [0.05, 0.1) is 29.4 Å². The molecular formula is C18H15Cl2F4N3O2. The molecule has 5 nitrogen and oxygen atoms in total. The Kier molecular flexibility index (Phi) is 7.45. The Hall–Kier alpha value is -2.36. The van der Waals surface area contributed by atoms with Crippen molar-refractivity contribution in [3.05, 3.63) is 57.8 Å². The molecule has 0 aliphatic heterocycles. The van der Waals surface area contributed by atoms with E-state index < -0.39 is 34.4 Å². The van der Waals surface area contributed by atoms with E-state index in [1.165, 1.54) is 30.1 Å². The fourth-order valence-corrected chi connectivity index (χ4v) is 2.75. The number of carbonyl (C=O) groups is 2. The zero-order valence-corrected chi connectivity index (χ0v) is 16.4. The van der Waals surface area contributed by atoms with E-state index in [0.29, 0.717) is 0 Å². The Bertz CT molecular complexity index is 922. The molecule has 0 atom stereocenters. The summed E-state index contributed by atoms with van der Waals surface area (Å²) in [6.45, 7) is -0.566. The van der Waals surface area contributed by atoms with E-state index in [9.17, 15) is 27.2 Å². The van der Waals surface area contributed by atoms with Gasteiger partial charge in [-0.05, 0) is 43.4 Å². The first-order valence-electron chi connectivity index (χ1n) is 8.05. The van der Waals surface area contributed by atoms with Crippen molar-refractivity contribution in [2.75, 3.05) is 30.8 Å². The van der Waals surface area contributed by atoms with Gasteiger partial charge in [0.15, 0.2) is 0 Å². The number of nitrogens with one attached hydrogen (secondary N) is 2. The van der Waals surface area contributed by atoms with Crippen LogP contribution in [0.1, 0.15) is 5.56 Å². The Morgan fingerprint density at radius 2 is 1.62 bits per heavy atom. The van der Waals surface area contributed by atoms with E-state index in [1.54, 1.807) is 0 Å². The highest BCUT2D eigenvalue weighted by atomic mass is 35.5. The van der Waals surface area contributed by atoms with Gasteiger partial charge in [-0.2, -0.15) is 13.2 Å². The predicted octanol–water partition coefficient (Wildman–Crippen LogP) is 4.66. The molecule has 0 aromatic heterocycles. The maximum atomic E-state index is 13.6. The fraction of sp³-hybridized carbons (Fsp3) is 0.222. The zero-order valence-electron chi connectivity index (χ0n) is 14.9. The van der Waals surface area contributed by atoms with Gasteiger partial charge in [0.25, 0.3) is 0 Å². The minimum atomic E-state index is -4.66. The largest absolute Gasteiger partial charge is 0.417 e. The fourth-order valence-electron chi connectivity index (χ4n) is 2.35. The first-order valence-corrected chi connectivity index (χ1v) is 8.81. The van der Waals surface area contributed by atoms with Crippen molar-refractivity contribution in [2.45, 2.75) is 6.18 Å². The number of halogens is 6. The quantitative estimate of drug-likeness (QED) is 0.627. The molecule has 0 saturated heterocycles. The third-order valence-electron chi connectivity index (χ3n) is 3.59. The number of carbonyl (C=O) groups excluding carboxylic acids is 2. The lowest BCUT2D eigenvalue weighted by atomic mass is 10.2. The zero-order chi connectivity index (χ0) is 21.8. The molecule has 2 N–H and O–H groups in total. The topological polar surface area (TPSA) is 61.4 Å². The monoisotopic (exact) mass is 451 g/mol. The maximum absolute atomic E-state index is 13.6. The number of amides is 2. The van der Waals surface area contributed by atoms with Gasteiger partial charge in [0.1, 0.15) is 5.82 Å². The standard InChI is InChI=1S/C18H15Cl2F4N3O2/c1-27(9-17(29)26-15-6-10(19)2-5-14(15)21)8-16(28)25-11-3-4-13(20)12(7-11)18(22,23)24/h2-7H,8-9H2,1H3,(H,25,28)(H,26,29). The van der Waals surface area contributed by atoms with Gasteiger partial charge in [-0.1, -0.05) is 23.2 Å². The summed E-state index contributed by atoms with van der Waals surface area (Å²) in [6, 6.07) is 6.62. The Morgan fingerprint density at radius 1 is 1.00 bits per heavy atom. The number of anilines is 2. The Morgan fingerprint density at radius 3 is 2.24 bits per heavy atom. The molecule has 2 aromatic carbocycles. The molecule has 29 heavy (non-hydrogen) atoms. The molecule has 0 spiro atoms. The minimum Gasteiger partial charge on any atom is -0.325 e. The maximum Gasteiger partial charge on any atom is 0.417 e. The van der Waals surface area contributed by atoms with Crippen molar-refractivity contribution in [1.82, 2.24) is 4.90 Å². The molecule has 11 heteroatoms. The second-order valence-corrected chi connectivity index (χ2v) is 6.93. The number of nitrogens with zero attached hydrogens (tertiary/aromatic N) is 1. The van der Waals surface area contributed by atoms with Crippen molar-refractivity contribution in [1.29, 1.82) is 0 Å². The van der Waals surface area contributed by atoms with E-state index in [2.05, 4.69) is 10.6 Å². The van der Waals surface area contributed by atoms with Crippen LogP contribution >= 0.6 is 23.2 Å². The average molecular weight is 452 g/mol. The average Bonchev–Trinajstić information content (AvgIpc) is 2.58. The van der Waals surface area contributed by atoms with Gasteiger partial charge < -0.3 is 10.6 Å². The summed E-state index contributed by atoms with van der Waals surface area (Å²) in [6.07, 6.45) is -4.66. The number of rotatable bonds is 6. The molecule has 0 heterocycles. The van der Waals surface area contributed by atoms with E-state index in [0.717, 1.165) is 18.2 Å². The summed E-state index contributed by atoms with van der Waals surface area (Å²) in [5.41, 5.74) is -1.28. The highest BCUT2D eigenvalue weighted by Crippen LogP contribution is 2.36. The first-order chi connectivity index (χ1) is 13.5. The lowest BCUT2D eigenvalue weighted by molar-refractivity contribution is -0.137. The molecule has 0 unspecified atom stereocenters. The van der Waals surface area contributed by atoms with Crippen molar-refractivity contribution < 1.29 is 27.2 Å². The summed E-state index contributed by atoms with van der Waals surface area (Å²) < 4.78 is 52.2. The van der Waals surface area contributed by atoms with Crippen LogP contribution in [0.15, 0.2) is 36.4 Å². The SMILES string of the molecule is CN(CC(=O)Nc1ccc(Cl)c(C(F)(F)F)c1)CC(=O)Nc1cc(Cl)ccc1F. The van der Waals surface area contributed by atoms with Crippen molar-refractivity contribution >= 4 is 46.4 Å². The summed E-state index contributed by atoms with van der Waals surface area (Å²) in [5.74, 6) is -1.93. The summed E-state index contributed by atoms with van der Waals surface area (Å²) in [4.78, 5) is 25.3. The van der Waals surface area contributed by atoms with Gasteiger partial charge in [-0.15, -0.1) is 0 Å². The third-order valence-corrected chi connectivity index (χ3v) is 4.15. The molecule has 0 radical (unpaired) electrons. The minimum absolute atomic E-state index is 0.0921. The van der Waals surface area contributed by atoms with Crippen LogP contribution in [0.2, 0.25) is 10.0 Å². The molecule has 0 aliphatic rings. The van der Waals surface area contributed by atoms with Gasteiger partial charge in [0, 0.05) is 10.7 Å². The molecule has 2 amide bonds. The molecule has 0 fully saturated rings. The van der Waals surface area contributed by atoms with Crippen LogP contribution in [0.25, 0.3) is 0 Å². The second kappa shape index (κ2) is 9.43. The van der Waals surface area contributed by atoms with Gasteiger partial charge in [-0.3, -0.25) is 14.5 Å². The van der Waals surface area contributed by atoms with Gasteiger partial charge >= 0.3 is 6.18 Å². The molecule has 2 aromatic rings. The lowest BCUT2D eigenvalue weighted by Gasteiger charge is -2.17. The summed E-state index contributed by atoms with van der Waals surface area (Å²) in [7, 11) is 1.44.